The largest absolute Gasteiger partial charge is 0.378 e. The average molecular weight is 470 g/mol. The van der Waals surface area contributed by atoms with Crippen molar-refractivity contribution in [1.29, 1.82) is 0 Å². The van der Waals surface area contributed by atoms with Gasteiger partial charge in [-0.3, -0.25) is 9.69 Å². The maximum atomic E-state index is 14.2. The molecule has 2 aromatic carbocycles. The number of anilines is 1. The summed E-state index contributed by atoms with van der Waals surface area (Å²) in [6, 6.07) is 7.54. The first-order valence-corrected chi connectivity index (χ1v) is 11.7. The zero-order chi connectivity index (χ0) is 24.6. The monoisotopic (exact) mass is 469 g/mol. The van der Waals surface area contributed by atoms with Gasteiger partial charge >= 0.3 is 6.55 Å². The van der Waals surface area contributed by atoms with Gasteiger partial charge in [-0.05, 0) is 63.4 Å². The van der Waals surface area contributed by atoms with Gasteiger partial charge in [-0.1, -0.05) is 31.9 Å². The summed E-state index contributed by atoms with van der Waals surface area (Å²) in [6.07, 6.45) is 4.76. The highest BCUT2D eigenvalue weighted by Gasteiger charge is 2.36. The molecule has 1 atom stereocenters. The molecule has 2 aliphatic rings. The maximum Gasteiger partial charge on any atom is 0.320 e. The van der Waals surface area contributed by atoms with Crippen LogP contribution in [0.5, 0.6) is 0 Å². The Morgan fingerprint density at radius 2 is 1.88 bits per heavy atom. The van der Waals surface area contributed by atoms with Crippen molar-refractivity contribution in [3.8, 4) is 0 Å². The van der Waals surface area contributed by atoms with Gasteiger partial charge in [0.05, 0.1) is 11.7 Å². The summed E-state index contributed by atoms with van der Waals surface area (Å²) in [4.78, 5) is 17.9. The Hall–Kier alpha value is -3.09. The molecular weight excluding hydrogens is 439 g/mol. The summed E-state index contributed by atoms with van der Waals surface area (Å²) in [6.45, 7) is 6.52. The summed E-state index contributed by atoms with van der Waals surface area (Å²) in [5.41, 5.74) is 3.93. The van der Waals surface area contributed by atoms with Gasteiger partial charge in [-0.25, -0.2) is 9.38 Å². The van der Waals surface area contributed by atoms with Crippen molar-refractivity contribution in [3.63, 3.8) is 0 Å². The first-order chi connectivity index (χ1) is 16.2. The highest BCUT2D eigenvalue weighted by Crippen LogP contribution is 2.44. The predicted octanol–water partition coefficient (Wildman–Crippen LogP) is 7.63. The zero-order valence-corrected chi connectivity index (χ0v) is 19.8. The molecule has 2 aromatic rings. The molecule has 7 heteroatoms. The van der Waals surface area contributed by atoms with E-state index >= 15 is 0 Å². The van der Waals surface area contributed by atoms with E-state index in [0.717, 1.165) is 48.1 Å². The van der Waals surface area contributed by atoms with Crippen LogP contribution in [0.3, 0.4) is 0 Å². The summed E-state index contributed by atoms with van der Waals surface area (Å²) in [7, 11) is 0. The van der Waals surface area contributed by atoms with Gasteiger partial charge in [-0.2, -0.15) is 8.78 Å². The van der Waals surface area contributed by atoms with E-state index in [1.807, 2.05) is 26.0 Å². The minimum Gasteiger partial charge on any atom is -0.378 e. The van der Waals surface area contributed by atoms with Crippen molar-refractivity contribution in [2.45, 2.75) is 65.5 Å². The molecule has 0 bridgehead atoms. The van der Waals surface area contributed by atoms with E-state index in [-0.39, 0.29) is 29.0 Å². The van der Waals surface area contributed by atoms with Gasteiger partial charge in [-0.15, -0.1) is 0 Å². The highest BCUT2D eigenvalue weighted by atomic mass is 19.3. The first-order valence-electron chi connectivity index (χ1n) is 11.7. The van der Waals surface area contributed by atoms with E-state index in [9.17, 15) is 18.0 Å². The number of benzene rings is 2. The van der Waals surface area contributed by atoms with Crippen LogP contribution in [0.15, 0.2) is 41.9 Å². The maximum absolute atomic E-state index is 14.2. The molecule has 1 N–H and O–H groups in total. The second-order valence-electron chi connectivity index (χ2n) is 9.26. The Kier molecular flexibility index (Phi) is 6.82. The molecular formula is C27H30F3N3O. The van der Waals surface area contributed by atoms with E-state index in [2.05, 4.69) is 11.9 Å². The number of aryl methyl sites for hydroxylation is 1. The van der Waals surface area contributed by atoms with Crippen LogP contribution in [0, 0.1) is 18.7 Å². The van der Waals surface area contributed by atoms with Gasteiger partial charge in [0.1, 0.15) is 11.7 Å². The minimum absolute atomic E-state index is 0.0357. The smallest absolute Gasteiger partial charge is 0.320 e. The van der Waals surface area contributed by atoms with E-state index in [4.69, 9.17) is 4.99 Å². The third kappa shape index (κ3) is 4.61. The molecule has 1 aliphatic carbocycles. The number of Topliss-reactive ketones (excluding diaryl/α,β-unsaturated/α-hetero) is 1. The SMILES string of the molecule is C=C1c2cc(C)cc(C(C)Nc3ccc(F)cc3C(C)=O)c2N=C(C2CCCCC2)N1C(F)F. The lowest BCUT2D eigenvalue weighted by Crippen LogP contribution is -2.40. The molecule has 1 unspecified atom stereocenters. The minimum atomic E-state index is -2.72. The molecule has 0 amide bonds. The Morgan fingerprint density at radius 1 is 1.18 bits per heavy atom. The molecule has 0 radical (unpaired) electrons. The lowest BCUT2D eigenvalue weighted by atomic mass is 9.86. The van der Waals surface area contributed by atoms with Crippen LogP contribution in [0.4, 0.5) is 24.5 Å². The topological polar surface area (TPSA) is 44.7 Å². The number of carbonyl (C=O) groups is 1. The lowest BCUT2D eigenvalue weighted by molar-refractivity contribution is 0.0519. The number of fused-ring (bicyclic) bond motifs is 1. The fourth-order valence-corrected chi connectivity index (χ4v) is 5.03. The number of carbonyl (C=O) groups excluding carboxylic acids is 1. The molecule has 0 saturated heterocycles. The highest BCUT2D eigenvalue weighted by molar-refractivity contribution is 6.01. The van der Waals surface area contributed by atoms with Gasteiger partial charge < -0.3 is 5.32 Å². The van der Waals surface area contributed by atoms with Crippen molar-refractivity contribution >= 4 is 28.7 Å². The normalized spacial score (nSPS) is 17.4. The van der Waals surface area contributed by atoms with E-state index < -0.39 is 12.4 Å². The molecule has 4 rings (SSSR count). The third-order valence-electron chi connectivity index (χ3n) is 6.72. The number of rotatable bonds is 6. The summed E-state index contributed by atoms with van der Waals surface area (Å²) in [5.74, 6) is -0.386. The predicted molar refractivity (Wildman–Crippen MR) is 130 cm³/mol. The fourth-order valence-electron chi connectivity index (χ4n) is 5.03. The van der Waals surface area contributed by atoms with Crippen molar-refractivity contribution < 1.29 is 18.0 Å². The molecule has 180 valence electrons. The number of nitrogens with zero attached hydrogens (tertiary/aromatic N) is 2. The van der Waals surface area contributed by atoms with Crippen molar-refractivity contribution in [2.24, 2.45) is 10.9 Å². The van der Waals surface area contributed by atoms with E-state index in [1.165, 1.54) is 19.1 Å². The molecule has 34 heavy (non-hydrogen) atoms. The third-order valence-corrected chi connectivity index (χ3v) is 6.72. The number of hydrogen-bond donors (Lipinski definition) is 1. The van der Waals surface area contributed by atoms with Crippen LogP contribution in [0.2, 0.25) is 0 Å². The standard InChI is InChI=1S/C27H30F3N3O/c1-15-12-21(16(2)31-24-11-10-20(28)14-23(24)18(4)34)25-22(13-15)17(3)33(27(29)30)26(32-25)19-8-6-5-7-9-19/h10-14,16,19,27,31H,3,5-9H2,1-2,4H3. The van der Waals surface area contributed by atoms with Crippen LogP contribution in [-0.2, 0) is 0 Å². The molecule has 0 aromatic heterocycles. The molecule has 1 heterocycles. The molecule has 1 fully saturated rings. The number of aliphatic imine (C=N–C) groups is 1. The number of amidine groups is 1. The Bertz CT molecular complexity index is 1150. The quantitative estimate of drug-likeness (QED) is 0.349. The van der Waals surface area contributed by atoms with Crippen LogP contribution < -0.4 is 5.32 Å². The van der Waals surface area contributed by atoms with E-state index in [1.54, 1.807) is 6.07 Å². The molecule has 0 spiro atoms. The molecule has 4 nitrogen and oxygen atoms in total. The summed E-state index contributed by atoms with van der Waals surface area (Å²) in [5, 5.41) is 3.31. The zero-order valence-electron chi connectivity index (χ0n) is 19.8. The Morgan fingerprint density at radius 3 is 2.53 bits per heavy atom. The number of hydrogen-bond acceptors (Lipinski definition) is 4. The summed E-state index contributed by atoms with van der Waals surface area (Å²) < 4.78 is 42.1. The average Bonchev–Trinajstić information content (AvgIpc) is 2.80. The van der Waals surface area contributed by atoms with Crippen LogP contribution in [0.25, 0.3) is 5.70 Å². The number of alkyl halides is 2. The Balaban J connectivity index is 1.79. The second-order valence-corrected chi connectivity index (χ2v) is 9.26. The van der Waals surface area contributed by atoms with Gasteiger partial charge in [0.15, 0.2) is 5.78 Å². The molecule has 1 aliphatic heterocycles. The second kappa shape index (κ2) is 9.65. The van der Waals surface area contributed by atoms with Crippen molar-refractivity contribution in [2.75, 3.05) is 5.32 Å². The summed E-state index contributed by atoms with van der Waals surface area (Å²) >= 11 is 0. The number of halogens is 3. The molecule has 1 saturated carbocycles. The van der Waals surface area contributed by atoms with Gasteiger partial charge in [0, 0.05) is 34.0 Å². The van der Waals surface area contributed by atoms with Crippen LogP contribution in [-0.4, -0.2) is 23.1 Å². The fraction of sp³-hybridized carbons (Fsp3) is 0.407. The van der Waals surface area contributed by atoms with E-state index in [0.29, 0.717) is 22.8 Å². The van der Waals surface area contributed by atoms with Gasteiger partial charge in [0.25, 0.3) is 0 Å². The first kappa shape index (κ1) is 24.0. The van der Waals surface area contributed by atoms with Crippen molar-refractivity contribution in [1.82, 2.24) is 4.90 Å². The van der Waals surface area contributed by atoms with Crippen molar-refractivity contribution in [3.05, 3.63) is 65.0 Å². The lowest BCUT2D eigenvalue weighted by Gasteiger charge is -2.37. The number of nitrogens with one attached hydrogen (secondary N) is 1. The van der Waals surface area contributed by atoms with Crippen LogP contribution in [0.1, 0.15) is 79.0 Å². The number of ketones is 1. The Labute approximate surface area is 198 Å². The van der Waals surface area contributed by atoms with Gasteiger partial charge in [0.2, 0.25) is 0 Å². The van der Waals surface area contributed by atoms with Crippen LogP contribution >= 0.6 is 0 Å².